The maximum atomic E-state index is 5.94. The Morgan fingerprint density at radius 1 is 0.786 bits per heavy atom. The van der Waals surface area contributed by atoms with Crippen molar-refractivity contribution in [1.82, 2.24) is 0 Å². The summed E-state index contributed by atoms with van der Waals surface area (Å²) in [5, 5.41) is 3.39. The molecule has 0 radical (unpaired) electrons. The van der Waals surface area contributed by atoms with E-state index in [0.717, 1.165) is 38.6 Å². The van der Waals surface area contributed by atoms with E-state index in [0.29, 0.717) is 13.2 Å². The van der Waals surface area contributed by atoms with Gasteiger partial charge in [-0.3, -0.25) is 0 Å². The van der Waals surface area contributed by atoms with Crippen molar-refractivity contribution in [2.24, 2.45) is 0 Å². The van der Waals surface area contributed by atoms with E-state index < -0.39 is 0 Å². The maximum absolute atomic E-state index is 5.94. The molecule has 3 nitrogen and oxygen atoms in total. The Kier molecular flexibility index (Phi) is 5.78. The van der Waals surface area contributed by atoms with Crippen LogP contribution in [0.15, 0.2) is 99.9 Å². The van der Waals surface area contributed by atoms with Gasteiger partial charge in [-0.1, -0.05) is 58.4 Å². The van der Waals surface area contributed by atoms with Crippen LogP contribution in [0, 0.1) is 0 Å². The predicted molar refractivity (Wildman–Crippen MR) is 116 cm³/mol. The van der Waals surface area contributed by atoms with Gasteiger partial charge in [0, 0.05) is 15.7 Å². The third-order valence-electron chi connectivity index (χ3n) is 4.36. The van der Waals surface area contributed by atoms with Crippen molar-refractivity contribution in [3.8, 4) is 17.1 Å². The minimum absolute atomic E-state index is 0.555. The smallest absolute Gasteiger partial charge is 0.134 e. The highest BCUT2D eigenvalue weighted by molar-refractivity contribution is 9.10. The summed E-state index contributed by atoms with van der Waals surface area (Å²) in [5.41, 5.74) is 3.24. The Balaban J connectivity index is 1.31. The largest absolute Gasteiger partial charge is 0.489 e. The number of furan rings is 1. The second-order valence-corrected chi connectivity index (χ2v) is 7.34. The molecule has 0 amide bonds. The van der Waals surface area contributed by atoms with Crippen LogP contribution < -0.4 is 10.1 Å². The second-order valence-electron chi connectivity index (χ2n) is 6.43. The molecule has 0 fully saturated rings. The van der Waals surface area contributed by atoms with Gasteiger partial charge < -0.3 is 14.5 Å². The summed E-state index contributed by atoms with van der Waals surface area (Å²) in [6.07, 6.45) is 0. The van der Waals surface area contributed by atoms with Crippen LogP contribution >= 0.6 is 15.9 Å². The molecular formula is C24H20BrNO2. The van der Waals surface area contributed by atoms with E-state index in [4.69, 9.17) is 9.15 Å². The molecule has 3 aromatic carbocycles. The molecule has 4 rings (SSSR count). The lowest BCUT2D eigenvalue weighted by molar-refractivity contribution is 0.306. The third-order valence-corrected chi connectivity index (χ3v) is 4.89. The summed E-state index contributed by atoms with van der Waals surface area (Å²) >= 11 is 3.45. The quantitative estimate of drug-likeness (QED) is 0.344. The van der Waals surface area contributed by atoms with Crippen molar-refractivity contribution in [3.63, 3.8) is 0 Å². The first-order valence-corrected chi connectivity index (χ1v) is 9.91. The molecule has 0 unspecified atom stereocenters. The van der Waals surface area contributed by atoms with Gasteiger partial charge in [0.1, 0.15) is 23.9 Å². The van der Waals surface area contributed by atoms with Gasteiger partial charge in [-0.05, 0) is 54.1 Å². The lowest BCUT2D eigenvalue weighted by atomic mass is 10.2. The zero-order valence-corrected chi connectivity index (χ0v) is 16.9. The molecule has 0 saturated carbocycles. The van der Waals surface area contributed by atoms with Crippen LogP contribution in [-0.2, 0) is 13.2 Å². The van der Waals surface area contributed by atoms with Crippen LogP contribution in [0.1, 0.15) is 11.3 Å². The molecule has 1 N–H and O–H groups in total. The number of nitrogens with one attached hydrogen (secondary N) is 1. The molecule has 1 heterocycles. The lowest BCUT2D eigenvalue weighted by Crippen LogP contribution is -1.99. The number of anilines is 1. The summed E-state index contributed by atoms with van der Waals surface area (Å²) in [5.74, 6) is 2.65. The molecule has 28 heavy (non-hydrogen) atoms. The Hall–Kier alpha value is -2.98. The van der Waals surface area contributed by atoms with Crippen LogP contribution in [0.5, 0.6) is 5.75 Å². The molecular weight excluding hydrogens is 414 g/mol. The summed E-state index contributed by atoms with van der Waals surface area (Å²) in [7, 11) is 0. The number of hydrogen-bond donors (Lipinski definition) is 1. The standard InChI is InChI=1S/C24H20BrNO2/c25-20-10-8-19(9-11-20)24-15-14-23(28-24)16-26-21-12-6-18(7-13-21)17-27-22-4-2-1-3-5-22/h1-15,26H,16-17H2. The van der Waals surface area contributed by atoms with Crippen LogP contribution in [0.25, 0.3) is 11.3 Å². The first-order chi connectivity index (χ1) is 13.8. The first-order valence-electron chi connectivity index (χ1n) is 9.11. The monoisotopic (exact) mass is 433 g/mol. The van der Waals surface area contributed by atoms with Gasteiger partial charge in [0.05, 0.1) is 6.54 Å². The molecule has 0 bridgehead atoms. The Bertz CT molecular complexity index is 1010. The zero-order chi connectivity index (χ0) is 19.2. The number of para-hydroxylation sites is 1. The molecule has 0 spiro atoms. The Morgan fingerprint density at radius 3 is 2.29 bits per heavy atom. The topological polar surface area (TPSA) is 34.4 Å². The van der Waals surface area contributed by atoms with E-state index in [-0.39, 0.29) is 0 Å². The highest BCUT2D eigenvalue weighted by Crippen LogP contribution is 2.24. The zero-order valence-electron chi connectivity index (χ0n) is 15.3. The van der Waals surface area contributed by atoms with Gasteiger partial charge in [0.2, 0.25) is 0 Å². The van der Waals surface area contributed by atoms with Crippen LogP contribution in [0.2, 0.25) is 0 Å². The highest BCUT2D eigenvalue weighted by atomic mass is 79.9. The van der Waals surface area contributed by atoms with Gasteiger partial charge >= 0.3 is 0 Å². The SMILES string of the molecule is Brc1ccc(-c2ccc(CNc3ccc(COc4ccccc4)cc3)o2)cc1. The van der Waals surface area contributed by atoms with E-state index in [1.54, 1.807) is 0 Å². The number of hydrogen-bond acceptors (Lipinski definition) is 3. The van der Waals surface area contributed by atoms with E-state index in [9.17, 15) is 0 Å². The molecule has 0 saturated heterocycles. The first kappa shape index (κ1) is 18.4. The van der Waals surface area contributed by atoms with Gasteiger partial charge in [-0.25, -0.2) is 0 Å². The lowest BCUT2D eigenvalue weighted by Gasteiger charge is -2.08. The van der Waals surface area contributed by atoms with E-state index in [1.165, 1.54) is 0 Å². The molecule has 0 atom stereocenters. The van der Waals surface area contributed by atoms with Gasteiger partial charge in [0.15, 0.2) is 0 Å². The van der Waals surface area contributed by atoms with Gasteiger partial charge in [-0.15, -0.1) is 0 Å². The molecule has 0 aliphatic heterocycles. The van der Waals surface area contributed by atoms with Gasteiger partial charge in [0.25, 0.3) is 0 Å². The minimum Gasteiger partial charge on any atom is -0.489 e. The fourth-order valence-electron chi connectivity index (χ4n) is 2.83. The average molecular weight is 434 g/mol. The summed E-state index contributed by atoms with van der Waals surface area (Å²) in [6.45, 7) is 1.19. The summed E-state index contributed by atoms with van der Waals surface area (Å²) in [4.78, 5) is 0. The summed E-state index contributed by atoms with van der Waals surface area (Å²) in [6, 6.07) is 30.2. The predicted octanol–water partition coefficient (Wildman–Crippen LogP) is 6.90. The number of halogens is 1. The van der Waals surface area contributed by atoms with Crippen molar-refractivity contribution in [1.29, 1.82) is 0 Å². The van der Waals surface area contributed by atoms with E-state index in [2.05, 4.69) is 45.5 Å². The average Bonchev–Trinajstić information content (AvgIpc) is 3.22. The normalized spacial score (nSPS) is 10.6. The van der Waals surface area contributed by atoms with E-state index in [1.807, 2.05) is 66.7 Å². The molecule has 0 aliphatic rings. The number of rotatable bonds is 7. The van der Waals surface area contributed by atoms with Crippen LogP contribution in [0.3, 0.4) is 0 Å². The molecule has 1 aromatic heterocycles. The van der Waals surface area contributed by atoms with Crippen molar-refractivity contribution in [2.75, 3.05) is 5.32 Å². The van der Waals surface area contributed by atoms with E-state index >= 15 is 0 Å². The van der Waals surface area contributed by atoms with Gasteiger partial charge in [-0.2, -0.15) is 0 Å². The van der Waals surface area contributed by atoms with Crippen molar-refractivity contribution in [2.45, 2.75) is 13.2 Å². The fraction of sp³-hybridized carbons (Fsp3) is 0.0833. The maximum Gasteiger partial charge on any atom is 0.134 e. The molecule has 0 aliphatic carbocycles. The highest BCUT2D eigenvalue weighted by Gasteiger charge is 2.05. The Morgan fingerprint density at radius 2 is 1.54 bits per heavy atom. The van der Waals surface area contributed by atoms with Crippen molar-refractivity contribution < 1.29 is 9.15 Å². The fourth-order valence-corrected chi connectivity index (χ4v) is 3.10. The molecule has 140 valence electrons. The molecule has 4 heteroatoms. The summed E-state index contributed by atoms with van der Waals surface area (Å²) < 4.78 is 12.8. The van der Waals surface area contributed by atoms with Crippen LogP contribution in [-0.4, -0.2) is 0 Å². The number of benzene rings is 3. The second kappa shape index (κ2) is 8.81. The van der Waals surface area contributed by atoms with Crippen molar-refractivity contribution >= 4 is 21.6 Å². The minimum atomic E-state index is 0.555. The van der Waals surface area contributed by atoms with Crippen LogP contribution in [0.4, 0.5) is 5.69 Å². The van der Waals surface area contributed by atoms with Crippen molar-refractivity contribution in [3.05, 3.63) is 107 Å². The molecule has 4 aromatic rings. The third kappa shape index (κ3) is 4.84. The number of ether oxygens (including phenoxy) is 1. The Labute approximate surface area is 173 Å².